The van der Waals surface area contributed by atoms with Gasteiger partial charge in [0.25, 0.3) is 5.91 Å². The maximum Gasteiger partial charge on any atom is 0.411 e. The molecule has 0 radical (unpaired) electrons. The molecule has 9 heteroatoms. The molecule has 0 aliphatic carbocycles. The van der Waals surface area contributed by atoms with Crippen LogP contribution in [0, 0.1) is 6.92 Å². The number of pyridine rings is 1. The number of nitrogens with one attached hydrogen (secondary N) is 2. The Kier molecular flexibility index (Phi) is 8.77. The van der Waals surface area contributed by atoms with Gasteiger partial charge < -0.3 is 20.1 Å². The number of anilines is 1. The highest BCUT2D eigenvalue weighted by Gasteiger charge is 2.46. The highest BCUT2D eigenvalue weighted by molar-refractivity contribution is 6.04. The molecule has 3 amide bonds. The van der Waals surface area contributed by atoms with Gasteiger partial charge in [-0.3, -0.25) is 19.5 Å². The van der Waals surface area contributed by atoms with E-state index >= 15 is 0 Å². The van der Waals surface area contributed by atoms with E-state index in [-0.39, 0.29) is 18.4 Å². The number of nitrogens with zero attached hydrogens (tertiary/aromatic N) is 2. The molecule has 3 aromatic carbocycles. The summed E-state index contributed by atoms with van der Waals surface area (Å²) in [6.07, 6.45) is 0.870. The average molecular weight is 565 g/mol. The Morgan fingerprint density at radius 3 is 2.45 bits per heavy atom. The first-order chi connectivity index (χ1) is 20.4. The van der Waals surface area contributed by atoms with Gasteiger partial charge in [0.15, 0.2) is 12.1 Å². The number of amides is 3. The van der Waals surface area contributed by atoms with Gasteiger partial charge >= 0.3 is 6.09 Å². The number of benzene rings is 3. The monoisotopic (exact) mass is 564 g/mol. The molecule has 0 unspecified atom stereocenters. The molecule has 2 atom stereocenters. The van der Waals surface area contributed by atoms with Crippen molar-refractivity contribution >= 4 is 23.6 Å². The van der Waals surface area contributed by atoms with Gasteiger partial charge in [0.2, 0.25) is 5.91 Å². The van der Waals surface area contributed by atoms with Crippen molar-refractivity contribution in [2.45, 2.75) is 32.0 Å². The fraction of sp³-hybridized carbons (Fsp3) is 0.212. The third-order valence-corrected chi connectivity index (χ3v) is 7.04. The van der Waals surface area contributed by atoms with Gasteiger partial charge in [-0.05, 0) is 66.6 Å². The van der Waals surface area contributed by atoms with Gasteiger partial charge in [0, 0.05) is 36.1 Å². The zero-order chi connectivity index (χ0) is 29.5. The molecule has 4 aromatic rings. The number of ether oxygens (including phenoxy) is 2. The van der Waals surface area contributed by atoms with Crippen LogP contribution in [0.4, 0.5) is 10.5 Å². The van der Waals surface area contributed by atoms with E-state index in [0.717, 1.165) is 16.8 Å². The molecule has 42 heavy (non-hydrogen) atoms. The van der Waals surface area contributed by atoms with Gasteiger partial charge in [-0.1, -0.05) is 48.0 Å². The van der Waals surface area contributed by atoms with Crippen LogP contribution in [0.25, 0.3) is 0 Å². The molecule has 214 valence electrons. The van der Waals surface area contributed by atoms with Crippen LogP contribution in [0.15, 0.2) is 97.2 Å². The Morgan fingerprint density at radius 1 is 0.976 bits per heavy atom. The number of carbonyl (C=O) groups is 3. The first-order valence-electron chi connectivity index (χ1n) is 13.7. The largest absolute Gasteiger partial charge is 0.497 e. The number of cyclic esters (lactones) is 1. The number of hydrogen-bond acceptors (Lipinski definition) is 6. The maximum absolute atomic E-state index is 13.6. The molecular formula is C33H32N4O5. The molecule has 2 N–H and O–H groups in total. The lowest BCUT2D eigenvalue weighted by molar-refractivity contribution is -0.126. The molecule has 9 nitrogen and oxygen atoms in total. The zero-order valence-electron chi connectivity index (χ0n) is 23.4. The second-order valence-electron chi connectivity index (χ2n) is 10.0. The van der Waals surface area contributed by atoms with Crippen LogP contribution < -0.4 is 15.4 Å². The summed E-state index contributed by atoms with van der Waals surface area (Å²) in [5.74, 6) is 0.0762. The summed E-state index contributed by atoms with van der Waals surface area (Å²) < 4.78 is 10.9. The van der Waals surface area contributed by atoms with Crippen molar-refractivity contribution in [2.24, 2.45) is 0 Å². The van der Waals surface area contributed by atoms with Crippen LogP contribution in [0.5, 0.6) is 5.75 Å². The van der Waals surface area contributed by atoms with Crippen molar-refractivity contribution in [3.8, 4) is 5.75 Å². The molecule has 1 aliphatic rings. The Morgan fingerprint density at radius 2 is 1.76 bits per heavy atom. The third-order valence-electron chi connectivity index (χ3n) is 7.04. The summed E-state index contributed by atoms with van der Waals surface area (Å²) in [5.41, 5.74) is 4.51. The standard InChI is InChI=1S/C33H32N4O5/c1-22-6-5-7-23(20-22)21-37-29(32(39)35-19-17-26-8-3-4-18-34-26)30(42-33(37)40)24-9-13-27(14-10-24)36-31(38)25-11-15-28(41-2)16-12-25/h3-16,18,20,29-30H,17,19,21H2,1-2H3,(H,35,39)(H,36,38)/t29-,30+/m0/s1. The molecule has 1 aromatic heterocycles. The van der Waals surface area contributed by atoms with Crippen LogP contribution in [0.1, 0.15) is 38.8 Å². The SMILES string of the molecule is COc1ccc(C(=O)Nc2ccc([C@H]3OC(=O)N(Cc4cccc(C)c4)[C@@H]3C(=O)NCCc3ccccn3)cc2)cc1. The van der Waals surface area contributed by atoms with E-state index in [0.29, 0.717) is 35.5 Å². The van der Waals surface area contributed by atoms with Gasteiger partial charge in [-0.25, -0.2) is 4.79 Å². The predicted octanol–water partition coefficient (Wildman–Crippen LogP) is 5.07. The maximum atomic E-state index is 13.6. The Hall–Kier alpha value is -5.18. The summed E-state index contributed by atoms with van der Waals surface area (Å²) >= 11 is 0. The summed E-state index contributed by atoms with van der Waals surface area (Å²) in [6.45, 7) is 2.57. The fourth-order valence-corrected chi connectivity index (χ4v) is 4.88. The number of rotatable bonds is 10. The van der Waals surface area contributed by atoms with Crippen LogP contribution in [-0.2, 0) is 22.5 Å². The van der Waals surface area contributed by atoms with E-state index in [2.05, 4.69) is 15.6 Å². The molecule has 2 heterocycles. The van der Waals surface area contributed by atoms with E-state index in [9.17, 15) is 14.4 Å². The minimum absolute atomic E-state index is 0.228. The van der Waals surface area contributed by atoms with Gasteiger partial charge in [0.05, 0.1) is 13.7 Å². The molecule has 1 fully saturated rings. The number of methoxy groups -OCH3 is 1. The van der Waals surface area contributed by atoms with E-state index in [4.69, 9.17) is 9.47 Å². The lowest BCUT2D eigenvalue weighted by Crippen LogP contribution is -2.46. The molecular weight excluding hydrogens is 532 g/mol. The number of carbonyl (C=O) groups excluding carboxylic acids is 3. The van der Waals surface area contributed by atoms with E-state index < -0.39 is 18.2 Å². The van der Waals surface area contributed by atoms with E-state index in [1.54, 1.807) is 61.8 Å². The second-order valence-corrected chi connectivity index (χ2v) is 10.0. The van der Waals surface area contributed by atoms with Crippen molar-refractivity contribution in [1.82, 2.24) is 15.2 Å². The average Bonchev–Trinajstić information content (AvgIpc) is 3.33. The first kappa shape index (κ1) is 28.4. The predicted molar refractivity (Wildman–Crippen MR) is 158 cm³/mol. The van der Waals surface area contributed by atoms with Crippen LogP contribution in [-0.4, -0.2) is 47.5 Å². The molecule has 0 spiro atoms. The quantitative estimate of drug-likeness (QED) is 0.278. The number of aromatic nitrogens is 1. The smallest absolute Gasteiger partial charge is 0.411 e. The highest BCUT2D eigenvalue weighted by Crippen LogP contribution is 2.34. The molecule has 0 saturated carbocycles. The minimum Gasteiger partial charge on any atom is -0.497 e. The highest BCUT2D eigenvalue weighted by atomic mass is 16.6. The van der Waals surface area contributed by atoms with Gasteiger partial charge in [-0.2, -0.15) is 0 Å². The Balaban J connectivity index is 1.33. The van der Waals surface area contributed by atoms with Crippen molar-refractivity contribution < 1.29 is 23.9 Å². The molecule has 1 saturated heterocycles. The molecule has 0 bridgehead atoms. The minimum atomic E-state index is -0.888. The normalized spacial score (nSPS) is 16.0. The van der Waals surface area contributed by atoms with Crippen molar-refractivity contribution in [3.63, 3.8) is 0 Å². The van der Waals surface area contributed by atoms with Gasteiger partial charge in [0.1, 0.15) is 5.75 Å². The second kappa shape index (κ2) is 13.0. The fourth-order valence-electron chi connectivity index (χ4n) is 4.88. The lowest BCUT2D eigenvalue weighted by atomic mass is 10.00. The first-order valence-corrected chi connectivity index (χ1v) is 13.7. The summed E-state index contributed by atoms with van der Waals surface area (Å²) in [7, 11) is 1.57. The summed E-state index contributed by atoms with van der Waals surface area (Å²) in [6, 6.07) is 26.3. The molecule has 5 rings (SSSR count). The topological polar surface area (TPSA) is 110 Å². The molecule has 1 aliphatic heterocycles. The van der Waals surface area contributed by atoms with E-state index in [1.807, 2.05) is 49.4 Å². The van der Waals surface area contributed by atoms with Gasteiger partial charge in [-0.15, -0.1) is 0 Å². The van der Waals surface area contributed by atoms with Crippen LogP contribution in [0.2, 0.25) is 0 Å². The lowest BCUT2D eigenvalue weighted by Gasteiger charge is -2.24. The third kappa shape index (κ3) is 6.75. The Labute approximate surface area is 244 Å². The van der Waals surface area contributed by atoms with Crippen molar-refractivity contribution in [1.29, 1.82) is 0 Å². The van der Waals surface area contributed by atoms with E-state index in [1.165, 1.54) is 4.90 Å². The number of aryl methyl sites for hydroxylation is 1. The van der Waals surface area contributed by atoms with Crippen LogP contribution >= 0.6 is 0 Å². The van der Waals surface area contributed by atoms with Crippen LogP contribution in [0.3, 0.4) is 0 Å². The van der Waals surface area contributed by atoms with Crippen molar-refractivity contribution in [2.75, 3.05) is 19.0 Å². The summed E-state index contributed by atoms with van der Waals surface area (Å²) in [4.78, 5) is 45.2. The Bertz CT molecular complexity index is 1540. The number of hydrogen-bond donors (Lipinski definition) is 2. The zero-order valence-corrected chi connectivity index (χ0v) is 23.4. The summed E-state index contributed by atoms with van der Waals surface area (Å²) in [5, 5.41) is 5.83. The van der Waals surface area contributed by atoms with Crippen molar-refractivity contribution in [3.05, 3.63) is 125 Å².